The fourth-order valence-corrected chi connectivity index (χ4v) is 3.36. The van der Waals surface area contributed by atoms with Crippen LogP contribution in [0.2, 0.25) is 0 Å². The van der Waals surface area contributed by atoms with Crippen molar-refractivity contribution in [3.05, 3.63) is 33.8 Å². The number of nitrogens with zero attached hydrogens (tertiary/aromatic N) is 2. The molecule has 0 saturated carbocycles. The quantitative estimate of drug-likeness (QED) is 0.787. The lowest BCUT2D eigenvalue weighted by Crippen LogP contribution is -1.89. The summed E-state index contributed by atoms with van der Waals surface area (Å²) in [5.74, 6) is 0.598. The van der Waals surface area contributed by atoms with Crippen LogP contribution in [-0.2, 0) is 6.42 Å². The smallest absolute Gasteiger partial charge is 0.143 e. The Labute approximate surface area is 111 Å². The molecule has 0 unspecified atom stereocenters. The molecule has 0 spiro atoms. The summed E-state index contributed by atoms with van der Waals surface area (Å²) < 4.78 is 0. The summed E-state index contributed by atoms with van der Waals surface area (Å²) in [7, 11) is 0. The third-order valence-corrected chi connectivity index (χ3v) is 3.86. The van der Waals surface area contributed by atoms with Gasteiger partial charge in [0.25, 0.3) is 0 Å². The molecule has 1 aromatic heterocycles. The molecule has 0 bridgehead atoms. The van der Waals surface area contributed by atoms with Crippen LogP contribution in [0.25, 0.3) is 10.6 Å². The van der Waals surface area contributed by atoms with E-state index in [-0.39, 0.29) is 0 Å². The molecule has 17 heavy (non-hydrogen) atoms. The van der Waals surface area contributed by atoms with E-state index in [9.17, 15) is 0 Å². The van der Waals surface area contributed by atoms with E-state index in [1.54, 1.807) is 11.3 Å². The maximum Gasteiger partial charge on any atom is 0.148 e. The summed E-state index contributed by atoms with van der Waals surface area (Å²) in [4.78, 5) is 0. The average Bonchev–Trinajstić information content (AvgIpc) is 2.65. The Morgan fingerprint density at radius 2 is 1.76 bits per heavy atom. The van der Waals surface area contributed by atoms with E-state index >= 15 is 0 Å². The standard InChI is InChI=1S/C13H15ClN2S/c1-8-6-9(2)12(10(3)7-8)13-16-15-11(17-13)4-5-14/h6-7H,4-5H2,1-3H3. The summed E-state index contributed by atoms with van der Waals surface area (Å²) in [6.07, 6.45) is 0.795. The number of hydrogen-bond donors (Lipinski definition) is 0. The molecule has 0 amide bonds. The Kier molecular flexibility index (Phi) is 3.79. The fourth-order valence-electron chi connectivity index (χ4n) is 2.05. The molecule has 4 heteroatoms. The highest BCUT2D eigenvalue weighted by Crippen LogP contribution is 2.30. The van der Waals surface area contributed by atoms with Gasteiger partial charge in [-0.1, -0.05) is 29.0 Å². The topological polar surface area (TPSA) is 25.8 Å². The molecule has 1 heterocycles. The van der Waals surface area contributed by atoms with E-state index in [0.29, 0.717) is 5.88 Å². The Hall–Kier alpha value is -0.930. The molecular formula is C13H15ClN2S. The van der Waals surface area contributed by atoms with Gasteiger partial charge in [0.05, 0.1) is 0 Å². The SMILES string of the molecule is Cc1cc(C)c(-c2nnc(CCCl)s2)c(C)c1. The monoisotopic (exact) mass is 266 g/mol. The third kappa shape index (κ3) is 2.67. The molecule has 0 aliphatic rings. The van der Waals surface area contributed by atoms with E-state index in [1.807, 2.05) is 0 Å². The summed E-state index contributed by atoms with van der Waals surface area (Å²) in [5.41, 5.74) is 5.02. The third-order valence-electron chi connectivity index (χ3n) is 2.67. The zero-order chi connectivity index (χ0) is 12.4. The molecule has 90 valence electrons. The highest BCUT2D eigenvalue weighted by Gasteiger charge is 2.11. The summed E-state index contributed by atoms with van der Waals surface area (Å²) in [6, 6.07) is 4.37. The molecule has 2 nitrogen and oxygen atoms in total. The Morgan fingerprint density at radius 3 is 2.35 bits per heavy atom. The number of alkyl halides is 1. The summed E-state index contributed by atoms with van der Waals surface area (Å²) in [5, 5.41) is 10.4. The van der Waals surface area contributed by atoms with Crippen molar-refractivity contribution >= 4 is 22.9 Å². The zero-order valence-corrected chi connectivity index (χ0v) is 11.8. The van der Waals surface area contributed by atoms with Crippen molar-refractivity contribution in [3.63, 3.8) is 0 Å². The van der Waals surface area contributed by atoms with Crippen LogP contribution in [0.3, 0.4) is 0 Å². The second-order valence-electron chi connectivity index (χ2n) is 4.21. The molecule has 2 rings (SSSR count). The van der Waals surface area contributed by atoms with Gasteiger partial charge in [0.2, 0.25) is 0 Å². The number of hydrogen-bond acceptors (Lipinski definition) is 3. The van der Waals surface area contributed by atoms with Gasteiger partial charge in [0.15, 0.2) is 0 Å². The van der Waals surface area contributed by atoms with Crippen LogP contribution in [0.1, 0.15) is 21.7 Å². The highest BCUT2D eigenvalue weighted by molar-refractivity contribution is 7.14. The molecule has 0 atom stereocenters. The number of rotatable bonds is 3. The Bertz CT molecular complexity index is 511. The minimum atomic E-state index is 0.598. The lowest BCUT2D eigenvalue weighted by Gasteiger charge is -2.07. The van der Waals surface area contributed by atoms with E-state index in [0.717, 1.165) is 16.4 Å². The van der Waals surface area contributed by atoms with Gasteiger partial charge in [-0.15, -0.1) is 21.8 Å². The number of aromatic nitrogens is 2. The lowest BCUT2D eigenvalue weighted by atomic mass is 10.0. The maximum absolute atomic E-state index is 5.71. The zero-order valence-electron chi connectivity index (χ0n) is 10.2. The van der Waals surface area contributed by atoms with Crippen LogP contribution in [-0.4, -0.2) is 16.1 Å². The molecule has 0 radical (unpaired) electrons. The van der Waals surface area contributed by atoms with Crippen molar-refractivity contribution in [3.8, 4) is 10.6 Å². The van der Waals surface area contributed by atoms with E-state index in [2.05, 4.69) is 43.1 Å². The normalized spacial score (nSPS) is 10.8. The first-order valence-electron chi connectivity index (χ1n) is 5.58. The minimum Gasteiger partial charge on any atom is -0.143 e. The van der Waals surface area contributed by atoms with Crippen LogP contribution in [0, 0.1) is 20.8 Å². The van der Waals surface area contributed by atoms with E-state index in [4.69, 9.17) is 11.6 Å². The van der Waals surface area contributed by atoms with Crippen LogP contribution in [0.15, 0.2) is 12.1 Å². The number of halogens is 1. The van der Waals surface area contributed by atoms with E-state index in [1.165, 1.54) is 22.3 Å². The predicted molar refractivity (Wildman–Crippen MR) is 74.0 cm³/mol. The molecule has 0 aliphatic heterocycles. The second-order valence-corrected chi connectivity index (χ2v) is 5.65. The lowest BCUT2D eigenvalue weighted by molar-refractivity contribution is 0.988. The highest BCUT2D eigenvalue weighted by atomic mass is 35.5. The summed E-state index contributed by atoms with van der Waals surface area (Å²) >= 11 is 7.35. The fraction of sp³-hybridized carbons (Fsp3) is 0.385. The molecule has 0 aliphatic carbocycles. The average molecular weight is 267 g/mol. The van der Waals surface area contributed by atoms with Crippen LogP contribution in [0.5, 0.6) is 0 Å². The molecule has 0 saturated heterocycles. The van der Waals surface area contributed by atoms with Crippen molar-refractivity contribution in [1.82, 2.24) is 10.2 Å². The first-order valence-corrected chi connectivity index (χ1v) is 6.93. The molecule has 1 aromatic carbocycles. The van der Waals surface area contributed by atoms with Crippen molar-refractivity contribution in [1.29, 1.82) is 0 Å². The van der Waals surface area contributed by atoms with E-state index < -0.39 is 0 Å². The summed E-state index contributed by atoms with van der Waals surface area (Å²) in [6.45, 7) is 6.36. The van der Waals surface area contributed by atoms with Gasteiger partial charge in [0, 0.05) is 17.9 Å². The molecule has 2 aromatic rings. The van der Waals surface area contributed by atoms with Crippen LogP contribution in [0.4, 0.5) is 0 Å². The van der Waals surface area contributed by atoms with Gasteiger partial charge in [0.1, 0.15) is 10.0 Å². The second kappa shape index (κ2) is 5.15. The first-order chi connectivity index (χ1) is 8.11. The van der Waals surface area contributed by atoms with Gasteiger partial charge in [-0.05, 0) is 31.9 Å². The van der Waals surface area contributed by atoms with Gasteiger partial charge in [-0.3, -0.25) is 0 Å². The predicted octanol–water partition coefficient (Wildman–Crippen LogP) is 3.91. The Morgan fingerprint density at radius 1 is 1.12 bits per heavy atom. The van der Waals surface area contributed by atoms with Gasteiger partial charge in [-0.25, -0.2) is 0 Å². The number of benzene rings is 1. The van der Waals surface area contributed by atoms with Crippen LogP contribution < -0.4 is 0 Å². The molecular weight excluding hydrogens is 252 g/mol. The largest absolute Gasteiger partial charge is 0.148 e. The van der Waals surface area contributed by atoms with Crippen LogP contribution >= 0.6 is 22.9 Å². The maximum atomic E-state index is 5.71. The van der Waals surface area contributed by atoms with Gasteiger partial charge in [-0.2, -0.15) is 0 Å². The van der Waals surface area contributed by atoms with Gasteiger partial charge >= 0.3 is 0 Å². The van der Waals surface area contributed by atoms with Crippen molar-refractivity contribution in [2.75, 3.05) is 5.88 Å². The van der Waals surface area contributed by atoms with Crippen molar-refractivity contribution in [2.24, 2.45) is 0 Å². The van der Waals surface area contributed by atoms with Crippen molar-refractivity contribution in [2.45, 2.75) is 27.2 Å². The number of aryl methyl sites for hydroxylation is 4. The molecule has 0 N–H and O–H groups in total. The Balaban J connectivity index is 2.45. The first kappa shape index (κ1) is 12.5. The molecule has 0 fully saturated rings. The van der Waals surface area contributed by atoms with Gasteiger partial charge < -0.3 is 0 Å². The van der Waals surface area contributed by atoms with Crippen molar-refractivity contribution < 1.29 is 0 Å². The minimum absolute atomic E-state index is 0.598.